The first-order chi connectivity index (χ1) is 31.8. The third kappa shape index (κ3) is 14.4. The molecule has 0 aromatic heterocycles. The van der Waals surface area contributed by atoms with Crippen LogP contribution < -0.4 is 0 Å². The number of hydrogen-bond acceptors (Lipinski definition) is 12. The number of fused-ring (bicyclic) bond motifs is 3. The Labute approximate surface area is 418 Å². The van der Waals surface area contributed by atoms with Crippen molar-refractivity contribution in [3.8, 4) is 0 Å². The van der Waals surface area contributed by atoms with Crippen LogP contribution in [0.5, 0.6) is 0 Å². The maximum Gasteiger partial charge on any atom is 0.329 e. The number of aliphatic hydroxyl groups excluding tert-OH is 1. The number of cyclic esters (lactones) is 1. The Kier molecular flexibility index (Phi) is 20.6. The number of rotatable bonds is 9. The molecule has 396 valence electrons. The monoisotopic (exact) mass is 1010 g/mol. The molecule has 3 heterocycles. The van der Waals surface area contributed by atoms with E-state index in [2.05, 4.69) is 86.8 Å². The number of carbonyl (C=O) groups is 4. The molecule has 4 aliphatic rings. The van der Waals surface area contributed by atoms with Crippen LogP contribution in [0.2, 0.25) is 36.3 Å². The third-order valence-corrected chi connectivity index (χ3v) is 26.1. The largest absolute Gasteiger partial charge is 0.456 e. The second-order valence-corrected chi connectivity index (χ2v) is 34.2. The summed E-state index contributed by atoms with van der Waals surface area (Å²) in [7, 11) is -1.66. The van der Waals surface area contributed by atoms with Crippen molar-refractivity contribution in [2.75, 3.05) is 20.8 Å². The van der Waals surface area contributed by atoms with E-state index in [1.54, 1.807) is 21.1 Å². The number of hydrogen-bond donors (Lipinski definition) is 2. The maximum atomic E-state index is 15.0. The van der Waals surface area contributed by atoms with Crippen LogP contribution in [0.25, 0.3) is 0 Å². The minimum atomic E-state index is -2.55. The molecule has 14 atom stereocenters. The van der Waals surface area contributed by atoms with Gasteiger partial charge in [-0.2, -0.15) is 0 Å². The van der Waals surface area contributed by atoms with Crippen LogP contribution in [-0.4, -0.2) is 131 Å². The van der Waals surface area contributed by atoms with Crippen molar-refractivity contribution in [3.05, 3.63) is 23.3 Å². The van der Waals surface area contributed by atoms with Gasteiger partial charge in [0, 0.05) is 44.9 Å². The third-order valence-electron chi connectivity index (χ3n) is 17.1. The topological polar surface area (TPSA) is 167 Å². The van der Waals surface area contributed by atoms with E-state index in [1.807, 2.05) is 27.7 Å². The number of esters is 1. The van der Waals surface area contributed by atoms with Gasteiger partial charge in [-0.15, -0.1) is 0 Å². The van der Waals surface area contributed by atoms with E-state index in [0.717, 1.165) is 11.1 Å². The van der Waals surface area contributed by atoms with Crippen LogP contribution in [-0.2, 0) is 47.0 Å². The first-order valence-corrected chi connectivity index (χ1v) is 32.1. The quantitative estimate of drug-likeness (QED) is 0.0973. The van der Waals surface area contributed by atoms with Crippen molar-refractivity contribution < 1.29 is 57.2 Å². The molecule has 0 spiro atoms. The van der Waals surface area contributed by atoms with E-state index >= 15 is 0 Å². The summed E-state index contributed by atoms with van der Waals surface area (Å²) in [4.78, 5) is 60.2. The van der Waals surface area contributed by atoms with E-state index < -0.39 is 94.6 Å². The number of carbonyl (C=O) groups excluding carboxylic acids is 4. The molecule has 69 heavy (non-hydrogen) atoms. The standard InChI is InChI=1S/C54H95NO12Si2/c1-19-39-27-33(2)26-34(3)28-45(62-13)48-46(63-14)30-36(5)54(61,65-48)49(58)50(59)55-25-21-20-22-40(55)51(60)64-47(37(6)43(32-42(39)57)66-68(15,16)52(7,8)9)35(4)29-38-23-24-41(56)44(31-38)67-69(17,18)53(10,11)12/h27,29,34,36-41,43-48,56,61H,19-26,28,30-32H2,1-18H3. The predicted octanol–water partition coefficient (Wildman–Crippen LogP) is 9.88. The van der Waals surface area contributed by atoms with Crippen LogP contribution in [0.4, 0.5) is 0 Å². The molecule has 3 fully saturated rings. The Morgan fingerprint density at radius 3 is 1.99 bits per heavy atom. The van der Waals surface area contributed by atoms with Gasteiger partial charge in [0.2, 0.25) is 5.79 Å². The Balaban J connectivity index is 1.89. The number of methoxy groups -OCH3 is 2. The van der Waals surface area contributed by atoms with Crippen LogP contribution in [0, 0.1) is 29.6 Å². The Morgan fingerprint density at radius 1 is 0.841 bits per heavy atom. The number of nitrogens with zero attached hydrogens (tertiary/aromatic N) is 1. The summed E-state index contributed by atoms with van der Waals surface area (Å²) in [5.74, 6) is -6.93. The SMILES string of the molecule is CCC1C=C(C)CC(C)CC(OC)C2OC(O)(C(=O)C(=O)N3CCCCC3C(=O)OC(C(C)=CC3CCC(O)C(O[Si](C)(C)C(C)(C)C)C3)C(C)C(O[Si](C)(C)C(C)(C)C)CC1=O)C(C)CC2OC. The molecule has 14 unspecified atom stereocenters. The lowest BCUT2D eigenvalue weighted by Crippen LogP contribution is -2.64. The number of ether oxygens (including phenoxy) is 4. The predicted molar refractivity (Wildman–Crippen MR) is 275 cm³/mol. The van der Waals surface area contributed by atoms with Crippen molar-refractivity contribution in [2.45, 2.75) is 245 Å². The second kappa shape index (κ2) is 23.9. The van der Waals surface area contributed by atoms with Crippen molar-refractivity contribution in [1.29, 1.82) is 0 Å². The summed E-state index contributed by atoms with van der Waals surface area (Å²) in [6.07, 6.45) is 5.11. The molecule has 1 amide bonds. The smallest absolute Gasteiger partial charge is 0.329 e. The van der Waals surface area contributed by atoms with Crippen molar-refractivity contribution >= 4 is 40.1 Å². The Hall–Kier alpha value is -2.09. The van der Waals surface area contributed by atoms with Crippen LogP contribution in [0.15, 0.2) is 23.3 Å². The van der Waals surface area contributed by atoms with Crippen LogP contribution in [0.3, 0.4) is 0 Å². The minimum absolute atomic E-state index is 0.00317. The van der Waals surface area contributed by atoms with Gasteiger partial charge in [0.05, 0.1) is 30.5 Å². The molecule has 0 aromatic rings. The number of allylic oxidation sites excluding steroid dienone is 3. The van der Waals surface area contributed by atoms with Gasteiger partial charge < -0.3 is 42.9 Å². The number of amides is 1. The first-order valence-electron chi connectivity index (χ1n) is 26.3. The molecule has 15 heteroatoms. The van der Waals surface area contributed by atoms with Gasteiger partial charge in [-0.05, 0) is 132 Å². The van der Waals surface area contributed by atoms with Gasteiger partial charge in [0.25, 0.3) is 11.7 Å². The molecule has 4 rings (SSSR count). The van der Waals surface area contributed by atoms with E-state index in [1.165, 1.54) is 4.90 Å². The van der Waals surface area contributed by atoms with Gasteiger partial charge in [-0.25, -0.2) is 4.79 Å². The van der Waals surface area contributed by atoms with Gasteiger partial charge in [0.1, 0.15) is 24.0 Å². The van der Waals surface area contributed by atoms with Crippen molar-refractivity contribution in [1.82, 2.24) is 4.90 Å². The number of aliphatic hydroxyl groups is 2. The lowest BCUT2D eigenvalue weighted by molar-refractivity contribution is -0.302. The molecule has 1 aliphatic carbocycles. The molecular weight excluding hydrogens is 911 g/mol. The summed E-state index contributed by atoms with van der Waals surface area (Å²) in [5.41, 5.74) is 1.83. The summed E-state index contributed by atoms with van der Waals surface area (Å²) in [5, 5.41) is 23.3. The lowest BCUT2D eigenvalue weighted by Gasteiger charge is -2.47. The molecule has 0 radical (unpaired) electrons. The van der Waals surface area contributed by atoms with Crippen LogP contribution >= 0.6 is 0 Å². The number of ketones is 2. The highest BCUT2D eigenvalue weighted by Gasteiger charge is 2.57. The fourth-order valence-corrected chi connectivity index (χ4v) is 13.3. The summed E-state index contributed by atoms with van der Waals surface area (Å²) in [6, 6.07) is -1.12. The van der Waals surface area contributed by atoms with E-state index in [-0.39, 0.29) is 65.5 Å². The minimum Gasteiger partial charge on any atom is -0.456 e. The Morgan fingerprint density at radius 2 is 1.42 bits per heavy atom. The molecule has 0 aromatic carbocycles. The lowest BCUT2D eigenvalue weighted by atomic mass is 9.81. The molecule has 2 saturated heterocycles. The molecule has 3 aliphatic heterocycles. The molecule has 1 saturated carbocycles. The average Bonchev–Trinajstić information content (AvgIpc) is 3.26. The fourth-order valence-electron chi connectivity index (χ4n) is 10.5. The molecule has 2 N–H and O–H groups in total. The highest BCUT2D eigenvalue weighted by Crippen LogP contribution is 2.43. The highest BCUT2D eigenvalue weighted by atomic mass is 28.4. The normalized spacial score (nSPS) is 36.3. The summed E-state index contributed by atoms with van der Waals surface area (Å²) < 4.78 is 39.1. The number of Topliss-reactive ketones (excluding diaryl/α,β-unsaturated/α-hetero) is 2. The summed E-state index contributed by atoms with van der Waals surface area (Å²) >= 11 is 0. The van der Waals surface area contributed by atoms with Crippen molar-refractivity contribution in [3.63, 3.8) is 0 Å². The van der Waals surface area contributed by atoms with Crippen molar-refractivity contribution in [2.24, 2.45) is 29.6 Å². The van der Waals surface area contributed by atoms with E-state index in [0.29, 0.717) is 51.4 Å². The molecule has 13 nitrogen and oxygen atoms in total. The Bertz CT molecular complexity index is 1840. The average molecular weight is 1010 g/mol. The van der Waals surface area contributed by atoms with Crippen LogP contribution in [0.1, 0.15) is 154 Å². The van der Waals surface area contributed by atoms with Gasteiger partial charge in [-0.1, -0.05) is 87.0 Å². The van der Waals surface area contributed by atoms with Gasteiger partial charge in [0.15, 0.2) is 16.6 Å². The van der Waals surface area contributed by atoms with Gasteiger partial charge >= 0.3 is 5.97 Å². The fraction of sp³-hybridized carbons (Fsp3) is 0.852. The van der Waals surface area contributed by atoms with Gasteiger partial charge in [-0.3, -0.25) is 14.4 Å². The molecular formula is C54H95NO12Si2. The summed E-state index contributed by atoms with van der Waals surface area (Å²) in [6.45, 7) is 33.7. The molecule has 2 bridgehead atoms. The zero-order valence-corrected chi connectivity index (χ0v) is 48.1. The highest BCUT2D eigenvalue weighted by molar-refractivity contribution is 6.74. The zero-order chi connectivity index (χ0) is 52.2. The number of piperidine rings is 1. The van der Waals surface area contributed by atoms with E-state index in [4.69, 9.17) is 27.8 Å². The maximum absolute atomic E-state index is 15.0. The van der Waals surface area contributed by atoms with E-state index in [9.17, 15) is 29.4 Å². The first kappa shape index (κ1) is 59.5. The zero-order valence-electron chi connectivity index (χ0n) is 46.1. The second-order valence-electron chi connectivity index (χ2n) is 24.6.